The standard InChI is InChI=1S/C12H14N4O3/c1-16-11(18)9(7-15-12(16)19)10(17)14-6-8-3-2-4-13-5-8/h2-5,9H,6-7H2,1H3,(H,14,17)(H,15,19). The number of carbonyl (C=O) groups excluding carboxylic acids is 3. The minimum atomic E-state index is -0.876. The van der Waals surface area contributed by atoms with Crippen molar-refractivity contribution in [3.8, 4) is 0 Å². The van der Waals surface area contributed by atoms with E-state index >= 15 is 0 Å². The zero-order chi connectivity index (χ0) is 13.8. The van der Waals surface area contributed by atoms with Crippen molar-refractivity contribution in [1.82, 2.24) is 20.5 Å². The summed E-state index contributed by atoms with van der Waals surface area (Å²) in [6, 6.07) is 3.10. The normalized spacial score (nSPS) is 19.0. The predicted molar refractivity (Wildman–Crippen MR) is 65.7 cm³/mol. The summed E-state index contributed by atoms with van der Waals surface area (Å²) in [6.45, 7) is 0.328. The quantitative estimate of drug-likeness (QED) is 0.718. The van der Waals surface area contributed by atoms with E-state index in [1.165, 1.54) is 7.05 Å². The highest BCUT2D eigenvalue weighted by Crippen LogP contribution is 2.07. The third-order valence-corrected chi connectivity index (χ3v) is 2.90. The predicted octanol–water partition coefficient (Wildman–Crippen LogP) is -0.504. The maximum Gasteiger partial charge on any atom is 0.323 e. The van der Waals surface area contributed by atoms with Crippen molar-refractivity contribution in [2.24, 2.45) is 5.92 Å². The lowest BCUT2D eigenvalue weighted by molar-refractivity contribution is -0.140. The molecular weight excluding hydrogens is 248 g/mol. The minimum absolute atomic E-state index is 0.0287. The average molecular weight is 262 g/mol. The fraction of sp³-hybridized carbons (Fsp3) is 0.333. The van der Waals surface area contributed by atoms with Crippen LogP contribution in [0.3, 0.4) is 0 Å². The molecule has 2 N–H and O–H groups in total. The molecule has 0 aliphatic carbocycles. The molecule has 1 fully saturated rings. The van der Waals surface area contributed by atoms with Gasteiger partial charge in [0, 0.05) is 32.5 Å². The summed E-state index contributed by atoms with van der Waals surface area (Å²) >= 11 is 0. The molecule has 0 aromatic carbocycles. The molecule has 4 amide bonds. The van der Waals surface area contributed by atoms with Gasteiger partial charge in [0.1, 0.15) is 5.92 Å². The molecule has 1 aromatic rings. The van der Waals surface area contributed by atoms with Crippen LogP contribution in [0.4, 0.5) is 4.79 Å². The maximum absolute atomic E-state index is 11.9. The average Bonchev–Trinajstić information content (AvgIpc) is 2.43. The zero-order valence-electron chi connectivity index (χ0n) is 10.4. The Kier molecular flexibility index (Phi) is 3.74. The van der Waals surface area contributed by atoms with E-state index in [9.17, 15) is 14.4 Å². The Bertz CT molecular complexity index is 503. The third kappa shape index (κ3) is 2.87. The van der Waals surface area contributed by atoms with Gasteiger partial charge in [-0.25, -0.2) is 4.79 Å². The number of amides is 4. The smallest absolute Gasteiger partial charge is 0.323 e. The molecule has 7 heteroatoms. The van der Waals surface area contributed by atoms with Gasteiger partial charge in [-0.05, 0) is 11.6 Å². The van der Waals surface area contributed by atoms with Crippen molar-refractivity contribution in [3.05, 3.63) is 30.1 Å². The van der Waals surface area contributed by atoms with E-state index < -0.39 is 23.8 Å². The van der Waals surface area contributed by atoms with Gasteiger partial charge in [0.25, 0.3) is 0 Å². The van der Waals surface area contributed by atoms with Crippen molar-refractivity contribution in [3.63, 3.8) is 0 Å². The molecule has 1 atom stereocenters. The van der Waals surface area contributed by atoms with Gasteiger partial charge in [0.15, 0.2) is 0 Å². The van der Waals surface area contributed by atoms with E-state index in [0.717, 1.165) is 10.5 Å². The van der Waals surface area contributed by atoms with Gasteiger partial charge >= 0.3 is 6.03 Å². The molecule has 7 nitrogen and oxygen atoms in total. The van der Waals surface area contributed by atoms with Gasteiger partial charge in [-0.3, -0.25) is 19.5 Å². The number of rotatable bonds is 3. The highest BCUT2D eigenvalue weighted by atomic mass is 16.2. The van der Waals surface area contributed by atoms with Crippen LogP contribution in [-0.2, 0) is 16.1 Å². The van der Waals surface area contributed by atoms with Gasteiger partial charge in [0.2, 0.25) is 11.8 Å². The van der Waals surface area contributed by atoms with Crippen molar-refractivity contribution < 1.29 is 14.4 Å². The summed E-state index contributed by atoms with van der Waals surface area (Å²) in [4.78, 5) is 39.7. The number of hydrogen-bond acceptors (Lipinski definition) is 4. The summed E-state index contributed by atoms with van der Waals surface area (Å²) in [5.74, 6) is -1.77. The lowest BCUT2D eigenvalue weighted by atomic mass is 10.1. The van der Waals surface area contributed by atoms with E-state index in [0.29, 0.717) is 6.54 Å². The van der Waals surface area contributed by atoms with Crippen LogP contribution < -0.4 is 10.6 Å². The lowest BCUT2D eigenvalue weighted by Gasteiger charge is -2.27. The van der Waals surface area contributed by atoms with Crippen molar-refractivity contribution >= 4 is 17.8 Å². The first-order chi connectivity index (χ1) is 9.09. The van der Waals surface area contributed by atoms with Gasteiger partial charge in [-0.1, -0.05) is 6.07 Å². The van der Waals surface area contributed by atoms with Crippen LogP contribution in [0.15, 0.2) is 24.5 Å². The first-order valence-electron chi connectivity index (χ1n) is 5.81. The number of aromatic nitrogens is 1. The zero-order valence-corrected chi connectivity index (χ0v) is 10.4. The van der Waals surface area contributed by atoms with Gasteiger partial charge in [-0.15, -0.1) is 0 Å². The lowest BCUT2D eigenvalue weighted by Crippen LogP contribution is -2.56. The minimum Gasteiger partial charge on any atom is -0.351 e. The van der Waals surface area contributed by atoms with Crippen LogP contribution in [0.2, 0.25) is 0 Å². The fourth-order valence-electron chi connectivity index (χ4n) is 1.75. The summed E-state index contributed by atoms with van der Waals surface area (Å²) in [6.07, 6.45) is 3.28. The monoisotopic (exact) mass is 262 g/mol. The van der Waals surface area contributed by atoms with E-state index in [2.05, 4.69) is 15.6 Å². The molecular formula is C12H14N4O3. The molecule has 0 saturated carbocycles. The number of imide groups is 1. The van der Waals surface area contributed by atoms with Crippen LogP contribution in [0.1, 0.15) is 5.56 Å². The van der Waals surface area contributed by atoms with Crippen LogP contribution in [-0.4, -0.2) is 41.3 Å². The second-order valence-electron chi connectivity index (χ2n) is 4.21. The summed E-state index contributed by atoms with van der Waals surface area (Å²) < 4.78 is 0. The van der Waals surface area contributed by atoms with E-state index in [4.69, 9.17) is 0 Å². The second-order valence-corrected chi connectivity index (χ2v) is 4.21. The van der Waals surface area contributed by atoms with Crippen molar-refractivity contribution in [2.45, 2.75) is 6.54 Å². The molecule has 1 aliphatic rings. The largest absolute Gasteiger partial charge is 0.351 e. The van der Waals surface area contributed by atoms with E-state index in [-0.39, 0.29) is 6.54 Å². The van der Waals surface area contributed by atoms with Crippen LogP contribution in [0, 0.1) is 5.92 Å². The van der Waals surface area contributed by atoms with Crippen molar-refractivity contribution in [2.75, 3.05) is 13.6 Å². The van der Waals surface area contributed by atoms with Crippen LogP contribution in [0.5, 0.6) is 0 Å². The summed E-state index contributed by atoms with van der Waals surface area (Å²) in [5.41, 5.74) is 0.844. The van der Waals surface area contributed by atoms with Crippen LogP contribution in [0.25, 0.3) is 0 Å². The highest BCUT2D eigenvalue weighted by Gasteiger charge is 2.36. The van der Waals surface area contributed by atoms with Gasteiger partial charge in [0.05, 0.1) is 0 Å². The Balaban J connectivity index is 1.93. The van der Waals surface area contributed by atoms with Crippen molar-refractivity contribution in [1.29, 1.82) is 0 Å². The Hall–Kier alpha value is -2.44. The molecule has 2 heterocycles. The number of nitrogens with zero attached hydrogens (tertiary/aromatic N) is 2. The number of carbonyl (C=O) groups is 3. The van der Waals surface area contributed by atoms with Crippen LogP contribution >= 0.6 is 0 Å². The molecule has 1 unspecified atom stereocenters. The van der Waals surface area contributed by atoms with E-state index in [1.54, 1.807) is 18.5 Å². The first-order valence-corrected chi connectivity index (χ1v) is 5.81. The Morgan fingerprint density at radius 3 is 3.05 bits per heavy atom. The highest BCUT2D eigenvalue weighted by molar-refractivity contribution is 6.08. The number of hydrogen-bond donors (Lipinski definition) is 2. The number of nitrogens with one attached hydrogen (secondary N) is 2. The van der Waals surface area contributed by atoms with Gasteiger partial charge in [-0.2, -0.15) is 0 Å². The Morgan fingerprint density at radius 1 is 1.58 bits per heavy atom. The molecule has 2 rings (SSSR count). The molecule has 100 valence electrons. The molecule has 0 spiro atoms. The second kappa shape index (κ2) is 5.47. The Morgan fingerprint density at radius 2 is 2.37 bits per heavy atom. The SMILES string of the molecule is CN1C(=O)NCC(C(=O)NCc2cccnc2)C1=O. The number of urea groups is 1. The molecule has 19 heavy (non-hydrogen) atoms. The van der Waals surface area contributed by atoms with Gasteiger partial charge < -0.3 is 10.6 Å². The maximum atomic E-state index is 11.9. The fourth-order valence-corrected chi connectivity index (χ4v) is 1.75. The molecule has 1 aromatic heterocycles. The third-order valence-electron chi connectivity index (χ3n) is 2.90. The molecule has 1 aliphatic heterocycles. The topological polar surface area (TPSA) is 91.4 Å². The number of pyridine rings is 1. The summed E-state index contributed by atoms with van der Waals surface area (Å²) in [7, 11) is 1.35. The molecule has 1 saturated heterocycles. The summed E-state index contributed by atoms with van der Waals surface area (Å²) in [5, 5.41) is 5.14. The first kappa shape index (κ1) is 13.0. The molecule has 0 bridgehead atoms. The van der Waals surface area contributed by atoms with E-state index in [1.807, 2.05) is 6.07 Å². The molecule has 0 radical (unpaired) electrons. The Labute approximate surface area is 110 Å².